The minimum absolute atomic E-state index is 0. The van der Waals surface area contributed by atoms with Gasteiger partial charge < -0.3 is 10.1 Å². The number of hydrogen-bond donors (Lipinski definition) is 1. The van der Waals surface area contributed by atoms with Crippen molar-refractivity contribution in [3.05, 3.63) is 42.2 Å². The Balaban J connectivity index is 0.00000220. The van der Waals surface area contributed by atoms with Crippen LogP contribution in [0.5, 0.6) is 5.75 Å². The molecule has 6 heteroatoms. The molecule has 1 N–H and O–H groups in total. The quantitative estimate of drug-likeness (QED) is 0.793. The van der Waals surface area contributed by atoms with E-state index < -0.39 is 0 Å². The zero-order valence-corrected chi connectivity index (χ0v) is 14.5. The lowest BCUT2D eigenvalue weighted by Crippen LogP contribution is -2.45. The summed E-state index contributed by atoms with van der Waals surface area (Å²) in [4.78, 5) is 2.35. The molecule has 1 heterocycles. The predicted octanol–water partition coefficient (Wildman–Crippen LogP) is 3.59. The molecule has 22 heavy (non-hydrogen) atoms. The van der Waals surface area contributed by atoms with E-state index in [1.54, 1.807) is 6.07 Å². The van der Waals surface area contributed by atoms with E-state index in [4.69, 9.17) is 4.74 Å². The fraction of sp³-hybridized carbons (Fsp3) is 0.500. The monoisotopic (exact) mass is 350 g/mol. The molecule has 1 aliphatic rings. The third kappa shape index (κ3) is 5.13. The zero-order valence-electron chi connectivity index (χ0n) is 12.9. The molecule has 0 aliphatic carbocycles. The minimum Gasteiger partial charge on any atom is -0.494 e. The second-order valence-electron chi connectivity index (χ2n) is 5.03. The Kier molecular flexibility index (Phi) is 10.4. The SMILES string of the molecule is C=CCC[C@H](c1cccc(OC)c1F)N1CCNCC1.Cl.Cl. The van der Waals surface area contributed by atoms with Gasteiger partial charge in [-0.15, -0.1) is 31.4 Å². The largest absolute Gasteiger partial charge is 0.494 e. The number of methoxy groups -OCH3 is 1. The fourth-order valence-electron chi connectivity index (χ4n) is 2.75. The van der Waals surface area contributed by atoms with Crippen molar-refractivity contribution in [1.82, 2.24) is 10.2 Å². The summed E-state index contributed by atoms with van der Waals surface area (Å²) in [5, 5.41) is 3.33. The normalized spacial score (nSPS) is 16.1. The molecule has 1 fully saturated rings. The molecule has 0 bridgehead atoms. The van der Waals surface area contributed by atoms with Gasteiger partial charge in [0.2, 0.25) is 0 Å². The van der Waals surface area contributed by atoms with E-state index >= 15 is 0 Å². The fourth-order valence-corrected chi connectivity index (χ4v) is 2.75. The summed E-state index contributed by atoms with van der Waals surface area (Å²) >= 11 is 0. The van der Waals surface area contributed by atoms with Crippen LogP contribution in [0.3, 0.4) is 0 Å². The van der Waals surface area contributed by atoms with Crippen LogP contribution in [-0.4, -0.2) is 38.2 Å². The molecule has 0 spiro atoms. The molecule has 1 aliphatic heterocycles. The average Bonchev–Trinajstić information content (AvgIpc) is 2.50. The van der Waals surface area contributed by atoms with Crippen LogP contribution < -0.4 is 10.1 Å². The van der Waals surface area contributed by atoms with Crippen molar-refractivity contribution in [1.29, 1.82) is 0 Å². The Morgan fingerprint density at radius 3 is 2.64 bits per heavy atom. The van der Waals surface area contributed by atoms with Crippen LogP contribution in [0.25, 0.3) is 0 Å². The van der Waals surface area contributed by atoms with Crippen molar-refractivity contribution in [3.8, 4) is 5.75 Å². The highest BCUT2D eigenvalue weighted by molar-refractivity contribution is 5.85. The number of nitrogens with one attached hydrogen (secondary N) is 1. The highest BCUT2D eigenvalue weighted by Crippen LogP contribution is 2.32. The van der Waals surface area contributed by atoms with Gasteiger partial charge in [-0.05, 0) is 18.9 Å². The van der Waals surface area contributed by atoms with Gasteiger partial charge in [0.1, 0.15) is 0 Å². The first-order valence-electron chi connectivity index (χ1n) is 7.16. The molecular weight excluding hydrogens is 326 g/mol. The Labute approximate surface area is 144 Å². The van der Waals surface area contributed by atoms with Gasteiger partial charge in [-0.3, -0.25) is 4.90 Å². The summed E-state index contributed by atoms with van der Waals surface area (Å²) < 4.78 is 19.6. The molecule has 0 amide bonds. The molecule has 1 aromatic carbocycles. The van der Waals surface area contributed by atoms with Crippen LogP contribution >= 0.6 is 24.8 Å². The molecule has 0 aromatic heterocycles. The van der Waals surface area contributed by atoms with Gasteiger partial charge in [-0.2, -0.15) is 0 Å². The summed E-state index contributed by atoms with van der Waals surface area (Å²) in [6.45, 7) is 7.57. The van der Waals surface area contributed by atoms with Crippen molar-refractivity contribution in [2.45, 2.75) is 18.9 Å². The third-order valence-electron chi connectivity index (χ3n) is 3.81. The topological polar surface area (TPSA) is 24.5 Å². The number of ether oxygens (including phenoxy) is 1. The van der Waals surface area contributed by atoms with Crippen molar-refractivity contribution in [2.75, 3.05) is 33.3 Å². The van der Waals surface area contributed by atoms with Crippen LogP contribution in [-0.2, 0) is 0 Å². The van der Waals surface area contributed by atoms with Crippen LogP contribution in [0, 0.1) is 5.82 Å². The van der Waals surface area contributed by atoms with Gasteiger partial charge in [0.15, 0.2) is 11.6 Å². The zero-order chi connectivity index (χ0) is 14.4. The summed E-state index contributed by atoms with van der Waals surface area (Å²) in [6.07, 6.45) is 3.66. The summed E-state index contributed by atoms with van der Waals surface area (Å²) in [7, 11) is 1.51. The lowest BCUT2D eigenvalue weighted by atomic mass is 9.98. The van der Waals surface area contributed by atoms with Gasteiger partial charge in [0, 0.05) is 37.8 Å². The predicted molar refractivity (Wildman–Crippen MR) is 94.1 cm³/mol. The van der Waals surface area contributed by atoms with E-state index in [1.807, 2.05) is 18.2 Å². The standard InChI is InChI=1S/C16H23FN2O.2ClH/c1-3-4-7-14(19-11-9-18-10-12-19)13-6-5-8-15(20-2)16(13)17;;/h3,5-6,8,14,18H,1,4,7,9-12H2,2H3;2*1H/t14-;;/m1../s1. The maximum absolute atomic E-state index is 14.5. The molecule has 2 rings (SSSR count). The second kappa shape index (κ2) is 10.8. The first-order chi connectivity index (χ1) is 9.77. The van der Waals surface area contributed by atoms with E-state index in [0.29, 0.717) is 5.75 Å². The summed E-state index contributed by atoms with van der Waals surface area (Å²) in [5.74, 6) is 0.0869. The molecule has 1 aromatic rings. The summed E-state index contributed by atoms with van der Waals surface area (Å²) in [5.41, 5.74) is 0.730. The molecular formula is C16H25Cl2FN2O. The van der Waals surface area contributed by atoms with Crippen molar-refractivity contribution < 1.29 is 9.13 Å². The first-order valence-corrected chi connectivity index (χ1v) is 7.16. The lowest BCUT2D eigenvalue weighted by Gasteiger charge is -2.35. The summed E-state index contributed by atoms with van der Waals surface area (Å²) in [6, 6.07) is 5.49. The first kappa shape index (κ1) is 21.2. The van der Waals surface area contributed by atoms with E-state index in [9.17, 15) is 4.39 Å². The molecule has 3 nitrogen and oxygen atoms in total. The Hall–Kier alpha value is -0.810. The Morgan fingerprint density at radius 2 is 2.05 bits per heavy atom. The highest BCUT2D eigenvalue weighted by atomic mass is 35.5. The molecule has 126 valence electrons. The number of halogens is 3. The average molecular weight is 351 g/mol. The van der Waals surface area contributed by atoms with Gasteiger partial charge >= 0.3 is 0 Å². The minimum atomic E-state index is -0.234. The lowest BCUT2D eigenvalue weighted by molar-refractivity contribution is 0.162. The number of piperazine rings is 1. The molecule has 1 atom stereocenters. The van der Waals surface area contributed by atoms with E-state index in [-0.39, 0.29) is 36.7 Å². The van der Waals surface area contributed by atoms with Gasteiger partial charge in [-0.1, -0.05) is 18.2 Å². The van der Waals surface area contributed by atoms with Crippen molar-refractivity contribution in [3.63, 3.8) is 0 Å². The third-order valence-corrected chi connectivity index (χ3v) is 3.81. The molecule has 0 unspecified atom stereocenters. The van der Waals surface area contributed by atoms with E-state index in [2.05, 4.69) is 16.8 Å². The number of allylic oxidation sites excluding steroid dienone is 1. The highest BCUT2D eigenvalue weighted by Gasteiger charge is 2.25. The smallest absolute Gasteiger partial charge is 0.169 e. The van der Waals surface area contributed by atoms with Crippen molar-refractivity contribution in [2.24, 2.45) is 0 Å². The van der Waals surface area contributed by atoms with Crippen LogP contribution in [0.15, 0.2) is 30.9 Å². The maximum atomic E-state index is 14.5. The van der Waals surface area contributed by atoms with Crippen LogP contribution in [0.1, 0.15) is 24.4 Å². The van der Waals surface area contributed by atoms with Crippen LogP contribution in [0.4, 0.5) is 4.39 Å². The molecule has 0 saturated carbocycles. The number of nitrogens with zero attached hydrogens (tertiary/aromatic N) is 1. The van der Waals surface area contributed by atoms with E-state index in [1.165, 1.54) is 7.11 Å². The van der Waals surface area contributed by atoms with Gasteiger partial charge in [0.25, 0.3) is 0 Å². The van der Waals surface area contributed by atoms with Crippen molar-refractivity contribution >= 4 is 24.8 Å². The van der Waals surface area contributed by atoms with Gasteiger partial charge in [-0.25, -0.2) is 4.39 Å². The second-order valence-corrected chi connectivity index (χ2v) is 5.03. The van der Waals surface area contributed by atoms with Crippen LogP contribution in [0.2, 0.25) is 0 Å². The number of rotatable bonds is 6. The Bertz CT molecular complexity index is 454. The maximum Gasteiger partial charge on any atom is 0.169 e. The molecule has 1 saturated heterocycles. The van der Waals surface area contributed by atoms with Gasteiger partial charge in [0.05, 0.1) is 7.11 Å². The van der Waals surface area contributed by atoms with E-state index in [0.717, 1.165) is 44.6 Å². The number of benzene rings is 1. The number of hydrogen-bond acceptors (Lipinski definition) is 3. The molecule has 0 radical (unpaired) electrons. The Morgan fingerprint density at radius 1 is 1.36 bits per heavy atom.